The van der Waals surface area contributed by atoms with E-state index in [-0.39, 0.29) is 5.92 Å². The van der Waals surface area contributed by atoms with Crippen LogP contribution in [-0.2, 0) is 4.79 Å². The van der Waals surface area contributed by atoms with Gasteiger partial charge in [-0.05, 0) is 44.2 Å². The number of aliphatic carboxylic acids is 1. The van der Waals surface area contributed by atoms with Crippen LogP contribution in [0.5, 0.6) is 0 Å². The van der Waals surface area contributed by atoms with Crippen LogP contribution in [0, 0.1) is 17.8 Å². The minimum Gasteiger partial charge on any atom is -0.481 e. The Balaban J connectivity index is 1.83. The number of carboxylic acid groups (broad SMARTS) is 1. The lowest BCUT2D eigenvalue weighted by atomic mass is 9.93. The lowest BCUT2D eigenvalue weighted by Crippen LogP contribution is -2.31. The third-order valence-electron chi connectivity index (χ3n) is 3.10. The fourth-order valence-corrected chi connectivity index (χ4v) is 2.26. The van der Waals surface area contributed by atoms with Crippen molar-refractivity contribution in [1.82, 2.24) is 5.32 Å². The number of carbonyl (C=O) groups is 1. The Hall–Kier alpha value is -0.570. The third kappa shape index (κ3) is 1.46. The molecule has 2 rings (SSSR count). The molecular weight excluding hydrogens is 154 g/mol. The van der Waals surface area contributed by atoms with Crippen molar-refractivity contribution in [2.45, 2.75) is 19.3 Å². The first kappa shape index (κ1) is 8.05. The van der Waals surface area contributed by atoms with Gasteiger partial charge in [-0.25, -0.2) is 0 Å². The molecule has 3 atom stereocenters. The Morgan fingerprint density at radius 2 is 2.33 bits per heavy atom. The van der Waals surface area contributed by atoms with Crippen molar-refractivity contribution in [2.24, 2.45) is 17.8 Å². The fourth-order valence-electron chi connectivity index (χ4n) is 2.26. The Bertz CT molecular complexity index is 187. The molecule has 2 N–H and O–H groups in total. The monoisotopic (exact) mass is 169 g/mol. The van der Waals surface area contributed by atoms with Crippen LogP contribution >= 0.6 is 0 Å². The maximum absolute atomic E-state index is 10.6. The van der Waals surface area contributed by atoms with Crippen molar-refractivity contribution in [2.75, 3.05) is 13.1 Å². The van der Waals surface area contributed by atoms with Gasteiger partial charge in [0.05, 0.1) is 5.92 Å². The molecule has 0 amide bonds. The lowest BCUT2D eigenvalue weighted by Gasteiger charge is -2.22. The predicted octanol–water partition coefficient (Wildman–Crippen LogP) is 0.707. The molecule has 0 aromatic carbocycles. The van der Waals surface area contributed by atoms with Crippen LogP contribution in [0.2, 0.25) is 0 Å². The summed E-state index contributed by atoms with van der Waals surface area (Å²) < 4.78 is 0. The summed E-state index contributed by atoms with van der Waals surface area (Å²) in [6.07, 6.45) is 3.36. The number of rotatable bonds is 2. The first-order valence-corrected chi connectivity index (χ1v) is 4.72. The van der Waals surface area contributed by atoms with E-state index in [1.807, 2.05) is 0 Å². The molecule has 1 aliphatic carbocycles. The van der Waals surface area contributed by atoms with Gasteiger partial charge in [-0.3, -0.25) is 4.79 Å². The molecule has 0 spiro atoms. The van der Waals surface area contributed by atoms with Crippen molar-refractivity contribution in [3.05, 3.63) is 0 Å². The van der Waals surface area contributed by atoms with E-state index < -0.39 is 5.97 Å². The van der Waals surface area contributed by atoms with Crippen LogP contribution in [0.4, 0.5) is 0 Å². The maximum atomic E-state index is 10.6. The molecule has 0 bridgehead atoms. The molecule has 0 aromatic heterocycles. The van der Waals surface area contributed by atoms with E-state index in [0.29, 0.717) is 11.8 Å². The second-order valence-electron chi connectivity index (χ2n) is 3.95. The minimum absolute atomic E-state index is 0.0186. The van der Waals surface area contributed by atoms with E-state index in [9.17, 15) is 4.79 Å². The molecule has 12 heavy (non-hydrogen) atoms. The zero-order valence-corrected chi connectivity index (χ0v) is 7.12. The maximum Gasteiger partial charge on any atom is 0.306 e. The topological polar surface area (TPSA) is 49.3 Å². The first-order chi connectivity index (χ1) is 5.79. The summed E-state index contributed by atoms with van der Waals surface area (Å²) in [7, 11) is 0. The molecule has 3 heteroatoms. The van der Waals surface area contributed by atoms with Gasteiger partial charge >= 0.3 is 5.97 Å². The summed E-state index contributed by atoms with van der Waals surface area (Å²) in [6.45, 7) is 2.15. The second kappa shape index (κ2) is 3.05. The van der Waals surface area contributed by atoms with Gasteiger partial charge in [-0.2, -0.15) is 0 Å². The molecule has 0 aromatic rings. The molecule has 1 saturated heterocycles. The highest BCUT2D eigenvalue weighted by Crippen LogP contribution is 2.46. The molecule has 2 aliphatic rings. The molecule has 1 heterocycles. The van der Waals surface area contributed by atoms with Gasteiger partial charge in [-0.15, -0.1) is 0 Å². The molecule has 3 unspecified atom stereocenters. The van der Waals surface area contributed by atoms with Crippen molar-refractivity contribution in [3.8, 4) is 0 Å². The largest absolute Gasteiger partial charge is 0.481 e. The summed E-state index contributed by atoms with van der Waals surface area (Å²) in [5.41, 5.74) is 0. The van der Waals surface area contributed by atoms with Crippen molar-refractivity contribution in [1.29, 1.82) is 0 Å². The van der Waals surface area contributed by atoms with Crippen LogP contribution in [0.3, 0.4) is 0 Å². The van der Waals surface area contributed by atoms with Crippen molar-refractivity contribution < 1.29 is 9.90 Å². The number of carboxylic acids is 1. The summed E-state index contributed by atoms with van der Waals surface area (Å²) in [5.74, 6) is 0.510. The van der Waals surface area contributed by atoms with Crippen molar-refractivity contribution in [3.63, 3.8) is 0 Å². The number of hydrogen-bond acceptors (Lipinski definition) is 2. The molecule has 1 saturated carbocycles. The van der Waals surface area contributed by atoms with E-state index in [0.717, 1.165) is 19.5 Å². The van der Waals surface area contributed by atoms with Gasteiger partial charge in [0.2, 0.25) is 0 Å². The van der Waals surface area contributed by atoms with E-state index in [2.05, 4.69) is 5.32 Å². The highest BCUT2D eigenvalue weighted by atomic mass is 16.4. The van der Waals surface area contributed by atoms with Gasteiger partial charge in [0.15, 0.2) is 0 Å². The minimum atomic E-state index is -0.592. The average molecular weight is 169 g/mol. The van der Waals surface area contributed by atoms with Gasteiger partial charge in [-0.1, -0.05) is 0 Å². The van der Waals surface area contributed by atoms with Crippen LogP contribution in [0.1, 0.15) is 19.3 Å². The Morgan fingerprint density at radius 1 is 1.50 bits per heavy atom. The molecular formula is C9H15NO2. The Kier molecular flexibility index (Phi) is 2.05. The highest BCUT2D eigenvalue weighted by Gasteiger charge is 2.47. The predicted molar refractivity (Wildman–Crippen MR) is 44.8 cm³/mol. The fraction of sp³-hybridized carbons (Fsp3) is 0.889. The van der Waals surface area contributed by atoms with Gasteiger partial charge < -0.3 is 10.4 Å². The van der Waals surface area contributed by atoms with E-state index in [1.165, 1.54) is 12.8 Å². The third-order valence-corrected chi connectivity index (χ3v) is 3.10. The Morgan fingerprint density at radius 3 is 2.83 bits per heavy atom. The summed E-state index contributed by atoms with van der Waals surface area (Å²) in [6, 6.07) is 0. The van der Waals surface area contributed by atoms with E-state index >= 15 is 0 Å². The Labute approximate surface area is 72.2 Å². The standard InChI is InChI=1S/C9H15NO2/c11-9(12)8-4-7(8)6-2-1-3-10-5-6/h6-8,10H,1-5H2,(H,11,12). The zero-order valence-electron chi connectivity index (χ0n) is 7.12. The average Bonchev–Trinajstić information content (AvgIpc) is 2.84. The summed E-state index contributed by atoms with van der Waals surface area (Å²) >= 11 is 0. The SMILES string of the molecule is O=C(O)C1CC1C1CCCNC1. The van der Waals surface area contributed by atoms with Crippen LogP contribution in [0.25, 0.3) is 0 Å². The zero-order chi connectivity index (χ0) is 8.55. The van der Waals surface area contributed by atoms with E-state index in [1.54, 1.807) is 0 Å². The first-order valence-electron chi connectivity index (χ1n) is 4.72. The lowest BCUT2D eigenvalue weighted by molar-refractivity contribution is -0.139. The number of piperidine rings is 1. The van der Waals surface area contributed by atoms with Gasteiger partial charge in [0.25, 0.3) is 0 Å². The molecule has 2 fully saturated rings. The van der Waals surface area contributed by atoms with Gasteiger partial charge in [0.1, 0.15) is 0 Å². The van der Waals surface area contributed by atoms with Crippen LogP contribution in [0.15, 0.2) is 0 Å². The van der Waals surface area contributed by atoms with E-state index in [4.69, 9.17) is 5.11 Å². The summed E-state index contributed by atoms with van der Waals surface area (Å²) in [4.78, 5) is 10.6. The quantitative estimate of drug-likeness (QED) is 0.640. The van der Waals surface area contributed by atoms with Gasteiger partial charge in [0, 0.05) is 0 Å². The summed E-state index contributed by atoms with van der Waals surface area (Å²) in [5, 5.41) is 12.1. The highest BCUT2D eigenvalue weighted by molar-refractivity contribution is 5.73. The number of hydrogen-bond donors (Lipinski definition) is 2. The normalized spacial score (nSPS) is 40.8. The van der Waals surface area contributed by atoms with Crippen molar-refractivity contribution >= 4 is 5.97 Å². The number of nitrogens with one attached hydrogen (secondary N) is 1. The van der Waals surface area contributed by atoms with Crippen LogP contribution in [-0.4, -0.2) is 24.2 Å². The molecule has 0 radical (unpaired) electrons. The molecule has 68 valence electrons. The second-order valence-corrected chi connectivity index (χ2v) is 3.95. The molecule has 3 nitrogen and oxygen atoms in total. The smallest absolute Gasteiger partial charge is 0.306 e. The molecule has 1 aliphatic heterocycles. The van der Waals surface area contributed by atoms with Crippen LogP contribution < -0.4 is 5.32 Å².